The molecule has 0 bridgehead atoms. The SMILES string of the molecule is Cn1nc(C(F)(F)F)c(C[S+]([O-])c2ccccn2)c1OCC(F)(F)F. The molecule has 1 unspecified atom stereocenters. The number of halogens is 6. The van der Waals surface area contributed by atoms with E-state index in [-0.39, 0.29) is 5.03 Å². The Morgan fingerprint density at radius 3 is 2.40 bits per heavy atom. The van der Waals surface area contributed by atoms with Crippen LogP contribution in [0.1, 0.15) is 11.3 Å². The summed E-state index contributed by atoms with van der Waals surface area (Å²) in [6.45, 7) is -1.80. The third-order valence-corrected chi connectivity index (χ3v) is 4.13. The van der Waals surface area contributed by atoms with Crippen LogP contribution >= 0.6 is 0 Å². The van der Waals surface area contributed by atoms with Gasteiger partial charge in [-0.15, -0.1) is 0 Å². The third-order valence-electron chi connectivity index (χ3n) is 2.88. The molecular formula is C13H11F6N3O2S. The summed E-state index contributed by atoms with van der Waals surface area (Å²) >= 11 is -2.03. The van der Waals surface area contributed by atoms with E-state index >= 15 is 0 Å². The minimum atomic E-state index is -4.94. The summed E-state index contributed by atoms with van der Waals surface area (Å²) in [5, 5.41) is 3.16. The molecule has 0 saturated heterocycles. The van der Waals surface area contributed by atoms with Crippen molar-refractivity contribution in [3.05, 3.63) is 35.7 Å². The molecule has 0 amide bonds. The Morgan fingerprint density at radius 2 is 1.88 bits per heavy atom. The summed E-state index contributed by atoms with van der Waals surface area (Å²) in [7, 11) is 1.01. The highest BCUT2D eigenvalue weighted by Crippen LogP contribution is 2.37. The van der Waals surface area contributed by atoms with Crippen LogP contribution in [0.5, 0.6) is 5.88 Å². The Kier molecular flexibility index (Phi) is 5.52. The largest absolute Gasteiger partial charge is 0.610 e. The second kappa shape index (κ2) is 7.12. The molecule has 12 heteroatoms. The van der Waals surface area contributed by atoms with Gasteiger partial charge in [0.05, 0.1) is 5.56 Å². The molecule has 2 heterocycles. The first-order chi connectivity index (χ1) is 11.5. The molecule has 1 atom stereocenters. The smallest absolute Gasteiger partial charge is 0.435 e. The molecule has 0 saturated carbocycles. The van der Waals surface area contributed by atoms with E-state index in [9.17, 15) is 30.9 Å². The van der Waals surface area contributed by atoms with Crippen LogP contribution in [0.3, 0.4) is 0 Å². The van der Waals surface area contributed by atoms with Gasteiger partial charge in [-0.05, 0) is 6.07 Å². The van der Waals surface area contributed by atoms with Gasteiger partial charge in [-0.3, -0.25) is 0 Å². The topological polar surface area (TPSA) is 63.0 Å². The second-order valence-electron chi connectivity index (χ2n) is 4.82. The van der Waals surface area contributed by atoms with Gasteiger partial charge in [-0.2, -0.15) is 31.4 Å². The maximum atomic E-state index is 13.1. The predicted octanol–water partition coefficient (Wildman–Crippen LogP) is 3.08. The zero-order chi connectivity index (χ0) is 18.8. The van der Waals surface area contributed by atoms with Crippen molar-refractivity contribution in [2.75, 3.05) is 6.61 Å². The molecule has 0 N–H and O–H groups in total. The van der Waals surface area contributed by atoms with Crippen LogP contribution in [0.4, 0.5) is 26.3 Å². The number of hydrogen-bond donors (Lipinski definition) is 0. The van der Waals surface area contributed by atoms with Crippen molar-refractivity contribution in [2.45, 2.75) is 23.1 Å². The quantitative estimate of drug-likeness (QED) is 0.584. The maximum absolute atomic E-state index is 13.1. The Balaban J connectivity index is 2.38. The fraction of sp³-hybridized carbons (Fsp3) is 0.385. The molecule has 138 valence electrons. The lowest BCUT2D eigenvalue weighted by Crippen LogP contribution is -2.21. The zero-order valence-corrected chi connectivity index (χ0v) is 13.4. The molecule has 0 fully saturated rings. The average Bonchev–Trinajstić information content (AvgIpc) is 2.81. The summed E-state index contributed by atoms with van der Waals surface area (Å²) in [5.41, 5.74) is -2.17. The molecule has 25 heavy (non-hydrogen) atoms. The van der Waals surface area contributed by atoms with Crippen LogP contribution in [-0.4, -0.2) is 32.1 Å². The van der Waals surface area contributed by atoms with Gasteiger partial charge in [0.2, 0.25) is 10.9 Å². The highest BCUT2D eigenvalue weighted by atomic mass is 32.2. The van der Waals surface area contributed by atoms with E-state index in [2.05, 4.69) is 14.8 Å². The van der Waals surface area contributed by atoms with Crippen molar-refractivity contribution in [3.8, 4) is 5.88 Å². The van der Waals surface area contributed by atoms with Crippen molar-refractivity contribution in [3.63, 3.8) is 0 Å². The normalized spacial score (nSPS) is 13.8. The number of rotatable bonds is 5. The lowest BCUT2D eigenvalue weighted by atomic mass is 10.2. The summed E-state index contributed by atoms with van der Waals surface area (Å²) in [5.74, 6) is -1.48. The number of aromatic nitrogens is 3. The first-order valence-electron chi connectivity index (χ1n) is 6.61. The summed E-state index contributed by atoms with van der Waals surface area (Å²) in [4.78, 5) is 3.76. The van der Waals surface area contributed by atoms with Crippen LogP contribution in [0.2, 0.25) is 0 Å². The Bertz CT molecular complexity index is 717. The van der Waals surface area contributed by atoms with E-state index in [1.54, 1.807) is 0 Å². The number of nitrogens with zero attached hydrogens (tertiary/aromatic N) is 3. The van der Waals surface area contributed by atoms with Gasteiger partial charge in [-0.1, -0.05) is 6.07 Å². The van der Waals surface area contributed by atoms with Gasteiger partial charge in [0.1, 0.15) is 5.75 Å². The minimum Gasteiger partial charge on any atom is -0.610 e. The third kappa shape index (κ3) is 5.01. The van der Waals surface area contributed by atoms with Gasteiger partial charge in [0.25, 0.3) is 0 Å². The van der Waals surface area contributed by atoms with Crippen molar-refractivity contribution < 1.29 is 35.6 Å². The van der Waals surface area contributed by atoms with Gasteiger partial charge in [-0.25, -0.2) is 9.67 Å². The van der Waals surface area contributed by atoms with Crippen LogP contribution < -0.4 is 4.74 Å². The fourth-order valence-corrected chi connectivity index (χ4v) is 3.01. The molecular weight excluding hydrogens is 376 g/mol. The van der Waals surface area contributed by atoms with Gasteiger partial charge < -0.3 is 9.29 Å². The highest BCUT2D eigenvalue weighted by molar-refractivity contribution is 7.90. The molecule has 2 rings (SSSR count). The van der Waals surface area contributed by atoms with Crippen LogP contribution in [0, 0.1) is 0 Å². The molecule has 2 aromatic rings. The molecule has 0 aliphatic carbocycles. The summed E-state index contributed by atoms with van der Waals surface area (Å²) in [6, 6.07) is 4.33. The second-order valence-corrected chi connectivity index (χ2v) is 6.21. The molecule has 0 aliphatic heterocycles. The summed E-state index contributed by atoms with van der Waals surface area (Å²) in [6.07, 6.45) is -8.40. The molecule has 0 aromatic carbocycles. The highest BCUT2D eigenvalue weighted by Gasteiger charge is 2.42. The van der Waals surface area contributed by atoms with E-state index in [1.807, 2.05) is 0 Å². The van der Waals surface area contributed by atoms with E-state index in [1.165, 1.54) is 24.4 Å². The Morgan fingerprint density at radius 1 is 1.20 bits per heavy atom. The lowest BCUT2D eigenvalue weighted by molar-refractivity contribution is -0.154. The van der Waals surface area contributed by atoms with Crippen molar-refractivity contribution in [2.24, 2.45) is 7.05 Å². The lowest BCUT2D eigenvalue weighted by Gasteiger charge is -2.13. The number of hydrogen-bond acceptors (Lipinski definition) is 4. The molecule has 0 aliphatic rings. The Labute approximate surface area is 140 Å². The van der Waals surface area contributed by atoms with Crippen LogP contribution in [0.15, 0.2) is 29.4 Å². The molecule has 2 aromatic heterocycles. The summed E-state index contributed by atoms with van der Waals surface area (Å²) < 4.78 is 93.5. The standard InChI is InChI=1S/C13H11F6N3O2S/c1-22-11(24-7-12(14,15)16)8(10(21-22)13(17,18)19)6-25(23)9-4-2-3-5-20-9/h2-5H,6-7H2,1H3. The minimum absolute atomic E-state index is 0.0127. The van der Waals surface area contributed by atoms with Crippen molar-refractivity contribution in [1.29, 1.82) is 0 Å². The van der Waals surface area contributed by atoms with Crippen molar-refractivity contribution in [1.82, 2.24) is 14.8 Å². The fourth-order valence-electron chi connectivity index (χ4n) is 1.93. The monoisotopic (exact) mass is 387 g/mol. The van der Waals surface area contributed by atoms with Gasteiger partial charge in [0, 0.05) is 30.5 Å². The van der Waals surface area contributed by atoms with E-state index in [0.717, 1.165) is 7.05 Å². The first-order valence-corrected chi connectivity index (χ1v) is 7.93. The maximum Gasteiger partial charge on any atom is 0.435 e. The Hall–Kier alpha value is -1.95. The first kappa shape index (κ1) is 19.4. The molecule has 0 radical (unpaired) electrons. The van der Waals surface area contributed by atoms with E-state index in [4.69, 9.17) is 0 Å². The number of aryl methyl sites for hydroxylation is 1. The van der Waals surface area contributed by atoms with Gasteiger partial charge >= 0.3 is 12.4 Å². The van der Waals surface area contributed by atoms with E-state index < -0.39 is 53.0 Å². The van der Waals surface area contributed by atoms with Crippen LogP contribution in [0.25, 0.3) is 0 Å². The number of pyridine rings is 1. The van der Waals surface area contributed by atoms with E-state index in [0.29, 0.717) is 4.68 Å². The van der Waals surface area contributed by atoms with Crippen LogP contribution in [-0.2, 0) is 30.2 Å². The zero-order valence-electron chi connectivity index (χ0n) is 12.6. The molecule has 0 spiro atoms. The molecule has 5 nitrogen and oxygen atoms in total. The van der Waals surface area contributed by atoms with Gasteiger partial charge in [0.15, 0.2) is 12.3 Å². The van der Waals surface area contributed by atoms with Crippen molar-refractivity contribution >= 4 is 11.2 Å². The number of ether oxygens (including phenoxy) is 1. The number of alkyl halides is 6. The predicted molar refractivity (Wildman–Crippen MR) is 74.1 cm³/mol. The average molecular weight is 387 g/mol.